The molecule has 0 bridgehead atoms. The van der Waals surface area contributed by atoms with E-state index in [4.69, 9.17) is 16.3 Å². The number of halogens is 1. The number of hydrogen-bond acceptors (Lipinski definition) is 4. The molecule has 2 unspecified atom stereocenters. The Kier molecular flexibility index (Phi) is 5.26. The number of aromatic nitrogens is 1. The summed E-state index contributed by atoms with van der Waals surface area (Å²) in [6, 6.07) is 15.3. The normalized spacial score (nSPS) is 19.1. The highest BCUT2D eigenvalue weighted by Crippen LogP contribution is 2.30. The lowest BCUT2D eigenvalue weighted by Gasteiger charge is -2.14. The average molecular weight is 399 g/mol. The molecule has 2 aromatic carbocycles. The molecule has 7 heteroatoms. The van der Waals surface area contributed by atoms with Crippen molar-refractivity contribution < 1.29 is 9.53 Å². The van der Waals surface area contributed by atoms with E-state index < -0.39 is 0 Å². The number of methoxy groups -OCH3 is 1. The minimum atomic E-state index is -0.161. The van der Waals surface area contributed by atoms with Gasteiger partial charge in [-0.2, -0.15) is 0 Å². The van der Waals surface area contributed by atoms with Crippen molar-refractivity contribution in [2.75, 3.05) is 7.11 Å². The van der Waals surface area contributed by atoms with Crippen LogP contribution in [0.1, 0.15) is 35.4 Å². The number of amides is 1. The number of nitrogens with zero attached hydrogens (tertiary/aromatic N) is 1. The van der Waals surface area contributed by atoms with E-state index in [1.54, 1.807) is 31.4 Å². The van der Waals surface area contributed by atoms with E-state index >= 15 is 0 Å². The molecule has 0 spiro atoms. The summed E-state index contributed by atoms with van der Waals surface area (Å²) in [6.07, 6.45) is 0.582. The number of fused-ring (bicyclic) bond motifs is 1. The Morgan fingerprint density at radius 3 is 2.71 bits per heavy atom. The quantitative estimate of drug-likeness (QED) is 0.614. The maximum Gasteiger partial charge on any atom is 0.252 e. The number of aryl methyl sites for hydroxylation is 1. The number of rotatable bonds is 5. The number of hydrazine groups is 1. The van der Waals surface area contributed by atoms with Gasteiger partial charge in [-0.3, -0.25) is 4.79 Å². The Morgan fingerprint density at radius 1 is 1.21 bits per heavy atom. The molecule has 28 heavy (non-hydrogen) atoms. The molecule has 146 valence electrons. The van der Waals surface area contributed by atoms with Crippen molar-refractivity contribution in [2.45, 2.75) is 32.1 Å². The summed E-state index contributed by atoms with van der Waals surface area (Å²) in [5, 5.41) is 4.78. The maximum atomic E-state index is 12.4. The monoisotopic (exact) mass is 398 g/mol. The molecule has 1 aromatic heterocycles. The van der Waals surface area contributed by atoms with Crippen LogP contribution in [0.5, 0.6) is 5.75 Å². The van der Waals surface area contributed by atoms with Crippen molar-refractivity contribution in [3.8, 4) is 5.75 Å². The second kappa shape index (κ2) is 7.83. The molecule has 0 saturated carbocycles. The molecular weight excluding hydrogens is 376 g/mol. The zero-order valence-electron chi connectivity index (χ0n) is 15.8. The fraction of sp³-hybridized carbons (Fsp3) is 0.286. The Morgan fingerprint density at radius 2 is 2.00 bits per heavy atom. The van der Waals surface area contributed by atoms with Crippen LogP contribution in [0, 0.1) is 0 Å². The molecule has 3 aromatic rings. The van der Waals surface area contributed by atoms with E-state index in [0.29, 0.717) is 10.6 Å². The first-order chi connectivity index (χ1) is 13.6. The fourth-order valence-corrected chi connectivity index (χ4v) is 3.85. The second-order valence-electron chi connectivity index (χ2n) is 6.85. The van der Waals surface area contributed by atoms with Crippen LogP contribution in [0.4, 0.5) is 0 Å². The highest BCUT2D eigenvalue weighted by atomic mass is 35.5. The van der Waals surface area contributed by atoms with Gasteiger partial charge in [0.05, 0.1) is 19.3 Å². The van der Waals surface area contributed by atoms with Crippen LogP contribution in [0.3, 0.4) is 0 Å². The van der Waals surface area contributed by atoms with Crippen LogP contribution in [0.2, 0.25) is 5.02 Å². The minimum absolute atomic E-state index is 0.0915. The largest absolute Gasteiger partial charge is 0.497 e. The van der Waals surface area contributed by atoms with Gasteiger partial charge in [-0.15, -0.1) is 0 Å². The van der Waals surface area contributed by atoms with Crippen LogP contribution in [0.15, 0.2) is 48.5 Å². The first-order valence-corrected chi connectivity index (χ1v) is 9.71. The zero-order chi connectivity index (χ0) is 19.7. The molecule has 4 rings (SSSR count). The fourth-order valence-electron chi connectivity index (χ4n) is 3.73. The molecule has 0 radical (unpaired) electrons. The SMILES string of the molecule is CCn1c(C2CC(NC(=O)c3ccc(Cl)cc3)NN2)cc2cc(OC)ccc21. The third kappa shape index (κ3) is 3.58. The Hall–Kier alpha value is -2.54. The number of hydrogen-bond donors (Lipinski definition) is 3. The van der Waals surface area contributed by atoms with Crippen LogP contribution >= 0.6 is 11.6 Å². The van der Waals surface area contributed by atoms with Crippen molar-refractivity contribution in [1.82, 2.24) is 20.7 Å². The molecule has 1 saturated heterocycles. The number of carbonyl (C=O) groups is 1. The van der Waals surface area contributed by atoms with E-state index in [1.165, 1.54) is 11.2 Å². The number of benzene rings is 2. The van der Waals surface area contributed by atoms with Gasteiger partial charge in [-0.1, -0.05) is 11.6 Å². The second-order valence-corrected chi connectivity index (χ2v) is 7.28. The predicted octanol–water partition coefficient (Wildman–Crippen LogP) is 3.62. The number of ether oxygens (including phenoxy) is 1. The smallest absolute Gasteiger partial charge is 0.252 e. The molecular formula is C21H23ClN4O2. The molecule has 1 aliphatic rings. The number of nitrogens with one attached hydrogen (secondary N) is 3. The maximum absolute atomic E-state index is 12.4. The van der Waals surface area contributed by atoms with E-state index in [1.807, 2.05) is 12.1 Å². The third-order valence-electron chi connectivity index (χ3n) is 5.13. The van der Waals surface area contributed by atoms with Crippen molar-refractivity contribution >= 4 is 28.4 Å². The Bertz CT molecular complexity index is 1000. The molecule has 2 heterocycles. The first-order valence-electron chi connectivity index (χ1n) is 9.33. The summed E-state index contributed by atoms with van der Waals surface area (Å²) in [5.41, 5.74) is 9.45. The van der Waals surface area contributed by atoms with Gasteiger partial charge in [0.2, 0.25) is 0 Å². The van der Waals surface area contributed by atoms with E-state index in [2.05, 4.69) is 39.8 Å². The van der Waals surface area contributed by atoms with Gasteiger partial charge in [-0.25, -0.2) is 10.9 Å². The van der Waals surface area contributed by atoms with Gasteiger partial charge in [0.25, 0.3) is 5.91 Å². The lowest BCUT2D eigenvalue weighted by Crippen LogP contribution is -2.44. The van der Waals surface area contributed by atoms with Crippen LogP contribution < -0.4 is 20.9 Å². The summed E-state index contributed by atoms with van der Waals surface area (Å²) < 4.78 is 7.64. The van der Waals surface area contributed by atoms with Crippen molar-refractivity contribution in [3.63, 3.8) is 0 Å². The topological polar surface area (TPSA) is 67.3 Å². The van der Waals surface area contributed by atoms with E-state index in [-0.39, 0.29) is 18.1 Å². The molecule has 1 fully saturated rings. The first kappa shape index (κ1) is 18.8. The Labute approximate surface area is 168 Å². The lowest BCUT2D eigenvalue weighted by atomic mass is 10.1. The van der Waals surface area contributed by atoms with Crippen molar-refractivity contribution in [2.24, 2.45) is 0 Å². The van der Waals surface area contributed by atoms with Crippen molar-refractivity contribution in [1.29, 1.82) is 0 Å². The summed E-state index contributed by atoms with van der Waals surface area (Å²) >= 11 is 5.89. The average Bonchev–Trinajstić information content (AvgIpc) is 3.31. The molecule has 0 aliphatic carbocycles. The predicted molar refractivity (Wildman–Crippen MR) is 110 cm³/mol. The van der Waals surface area contributed by atoms with Crippen LogP contribution in [0.25, 0.3) is 10.9 Å². The van der Waals surface area contributed by atoms with Crippen LogP contribution in [-0.2, 0) is 6.54 Å². The van der Waals surface area contributed by atoms with Gasteiger partial charge < -0.3 is 14.6 Å². The molecule has 2 atom stereocenters. The summed E-state index contributed by atoms with van der Waals surface area (Å²) in [6.45, 7) is 3.00. The third-order valence-corrected chi connectivity index (χ3v) is 5.38. The van der Waals surface area contributed by atoms with Crippen molar-refractivity contribution in [3.05, 3.63) is 64.8 Å². The van der Waals surface area contributed by atoms with Gasteiger partial charge in [0.1, 0.15) is 5.75 Å². The van der Waals surface area contributed by atoms with Gasteiger partial charge >= 0.3 is 0 Å². The highest BCUT2D eigenvalue weighted by molar-refractivity contribution is 6.30. The summed E-state index contributed by atoms with van der Waals surface area (Å²) in [5.74, 6) is 0.718. The molecule has 6 nitrogen and oxygen atoms in total. The van der Waals surface area contributed by atoms with E-state index in [0.717, 1.165) is 24.1 Å². The molecule has 3 N–H and O–H groups in total. The summed E-state index contributed by atoms with van der Waals surface area (Å²) in [7, 11) is 1.68. The number of carbonyl (C=O) groups excluding carboxylic acids is 1. The standard InChI is InChI=1S/C21H23ClN4O2/c1-3-26-18-9-8-16(28-2)10-14(18)11-19(26)17-12-20(25-24-17)23-21(27)13-4-6-15(22)7-5-13/h4-11,17,20,24-25H,3,12H2,1-2H3,(H,23,27). The molecule has 1 aliphatic heterocycles. The lowest BCUT2D eigenvalue weighted by molar-refractivity contribution is 0.0932. The van der Waals surface area contributed by atoms with Crippen LogP contribution in [-0.4, -0.2) is 23.7 Å². The molecule has 1 amide bonds. The van der Waals surface area contributed by atoms with Gasteiger partial charge in [-0.05, 0) is 55.5 Å². The Balaban J connectivity index is 1.50. The van der Waals surface area contributed by atoms with Gasteiger partial charge in [0.15, 0.2) is 0 Å². The highest BCUT2D eigenvalue weighted by Gasteiger charge is 2.29. The zero-order valence-corrected chi connectivity index (χ0v) is 16.6. The van der Waals surface area contributed by atoms with E-state index in [9.17, 15) is 4.79 Å². The summed E-state index contributed by atoms with van der Waals surface area (Å²) in [4.78, 5) is 12.4. The van der Waals surface area contributed by atoms with Gasteiger partial charge in [0, 0.05) is 40.1 Å². The minimum Gasteiger partial charge on any atom is -0.497 e.